The van der Waals surface area contributed by atoms with E-state index in [9.17, 15) is 4.79 Å². The van der Waals surface area contributed by atoms with Gasteiger partial charge in [0, 0.05) is 25.3 Å². The molecule has 3 rings (SSSR count). The number of likely N-dealkylation sites (tertiary alicyclic amines) is 1. The van der Waals surface area contributed by atoms with E-state index in [0.29, 0.717) is 31.2 Å². The molecule has 2 N–H and O–H groups in total. The lowest BCUT2D eigenvalue weighted by Gasteiger charge is -2.26. The van der Waals surface area contributed by atoms with E-state index >= 15 is 0 Å². The molecule has 1 amide bonds. The maximum Gasteiger partial charge on any atom is 0.263 e. The summed E-state index contributed by atoms with van der Waals surface area (Å²) in [6, 6.07) is 9.75. The Morgan fingerprint density at radius 2 is 2.18 bits per heavy atom. The van der Waals surface area contributed by atoms with Crippen LogP contribution in [0.3, 0.4) is 0 Å². The molecular weight excluding hydrogens is 354 g/mol. The number of anilines is 1. The minimum atomic E-state index is -0.456. The number of hydrogen-bond acceptors (Lipinski definition) is 6. The second-order valence-electron chi connectivity index (χ2n) is 7.32. The number of benzene rings is 1. The highest BCUT2D eigenvalue weighted by Gasteiger charge is 2.33. The number of nitrogen functional groups attached to an aromatic ring is 1. The maximum absolute atomic E-state index is 13.0. The van der Waals surface area contributed by atoms with Gasteiger partial charge in [-0.1, -0.05) is 25.1 Å². The fourth-order valence-electron chi connectivity index (χ4n) is 3.50. The minimum Gasteiger partial charge on any atom is -0.480 e. The summed E-state index contributed by atoms with van der Waals surface area (Å²) in [7, 11) is 2.03. The molecule has 7 nitrogen and oxygen atoms in total. The monoisotopic (exact) mass is 383 g/mol. The number of nitrogens with two attached hydrogens (primary N) is 1. The Morgan fingerprint density at radius 1 is 1.39 bits per heavy atom. The second kappa shape index (κ2) is 9.01. The van der Waals surface area contributed by atoms with Crippen molar-refractivity contribution in [2.45, 2.75) is 45.4 Å². The van der Waals surface area contributed by atoms with Gasteiger partial charge in [0.15, 0.2) is 6.10 Å². The second-order valence-corrected chi connectivity index (χ2v) is 7.32. The predicted octanol–water partition coefficient (Wildman–Crippen LogP) is 2.26. The number of ether oxygens (including phenoxy) is 1. The molecule has 1 aliphatic rings. The molecule has 1 fully saturated rings. The van der Waals surface area contributed by atoms with Crippen LogP contribution in [0.15, 0.2) is 36.5 Å². The zero-order chi connectivity index (χ0) is 20.1. The van der Waals surface area contributed by atoms with E-state index < -0.39 is 6.10 Å². The SMILES string of the molecule is CC[C@H](Oc1ccccc1C)C(=O)N1CC[C@H](N(C)Cc2nccc(N)n2)C1. The number of carbonyl (C=O) groups is 1. The molecule has 0 unspecified atom stereocenters. The van der Waals surface area contributed by atoms with Crippen molar-refractivity contribution in [3.63, 3.8) is 0 Å². The summed E-state index contributed by atoms with van der Waals surface area (Å²) in [5.74, 6) is 2.00. The molecule has 28 heavy (non-hydrogen) atoms. The van der Waals surface area contributed by atoms with E-state index in [1.165, 1.54) is 0 Å². The molecule has 0 spiro atoms. The molecule has 1 aromatic heterocycles. The first kappa shape index (κ1) is 20.1. The lowest BCUT2D eigenvalue weighted by Crippen LogP contribution is -2.42. The molecule has 0 bridgehead atoms. The lowest BCUT2D eigenvalue weighted by atomic mass is 10.2. The van der Waals surface area contributed by atoms with Crippen molar-refractivity contribution in [1.82, 2.24) is 19.8 Å². The molecular formula is C21H29N5O2. The van der Waals surface area contributed by atoms with Crippen LogP contribution in [0.4, 0.5) is 5.82 Å². The standard InChI is InChI=1S/C21H29N5O2/c1-4-17(28-18-8-6-5-7-15(18)2)21(27)26-12-10-16(13-26)25(3)14-20-23-11-9-19(22)24-20/h5-9,11,16-17H,4,10,12-14H2,1-3H3,(H2,22,23,24)/t16-,17-/m0/s1. The summed E-state index contributed by atoms with van der Waals surface area (Å²) in [6.07, 6.45) is 2.78. The number of amides is 1. The Morgan fingerprint density at radius 3 is 2.89 bits per heavy atom. The molecule has 0 radical (unpaired) electrons. The fourth-order valence-corrected chi connectivity index (χ4v) is 3.50. The van der Waals surface area contributed by atoms with Gasteiger partial charge in [-0.25, -0.2) is 9.97 Å². The van der Waals surface area contributed by atoms with Crippen molar-refractivity contribution in [2.75, 3.05) is 25.9 Å². The zero-order valence-electron chi connectivity index (χ0n) is 16.8. The Hall–Kier alpha value is -2.67. The molecule has 1 aliphatic heterocycles. The maximum atomic E-state index is 13.0. The highest BCUT2D eigenvalue weighted by atomic mass is 16.5. The van der Waals surface area contributed by atoms with Crippen LogP contribution in [0.25, 0.3) is 0 Å². The lowest BCUT2D eigenvalue weighted by molar-refractivity contribution is -0.138. The van der Waals surface area contributed by atoms with Crippen molar-refractivity contribution in [3.05, 3.63) is 47.9 Å². The number of aryl methyl sites for hydroxylation is 1. The topological polar surface area (TPSA) is 84.6 Å². The van der Waals surface area contributed by atoms with Crippen LogP contribution in [0, 0.1) is 6.92 Å². The van der Waals surface area contributed by atoms with Gasteiger partial charge in [0.2, 0.25) is 0 Å². The van der Waals surface area contributed by atoms with Gasteiger partial charge < -0.3 is 15.4 Å². The normalized spacial score (nSPS) is 17.7. The number of nitrogens with zero attached hydrogens (tertiary/aromatic N) is 4. The minimum absolute atomic E-state index is 0.0573. The van der Waals surface area contributed by atoms with Gasteiger partial charge in [-0.2, -0.15) is 0 Å². The Bertz CT molecular complexity index is 813. The number of para-hydroxylation sites is 1. The molecule has 0 saturated carbocycles. The highest BCUT2D eigenvalue weighted by Crippen LogP contribution is 2.22. The average Bonchev–Trinajstić information content (AvgIpc) is 3.17. The molecule has 2 atom stereocenters. The first-order valence-electron chi connectivity index (χ1n) is 9.76. The number of hydrogen-bond donors (Lipinski definition) is 1. The van der Waals surface area contributed by atoms with Crippen LogP contribution in [0.5, 0.6) is 5.75 Å². The van der Waals surface area contributed by atoms with Crippen LogP contribution < -0.4 is 10.5 Å². The molecule has 7 heteroatoms. The Labute approximate surface area is 166 Å². The summed E-state index contributed by atoms with van der Waals surface area (Å²) in [6.45, 7) is 6.00. The summed E-state index contributed by atoms with van der Waals surface area (Å²) < 4.78 is 6.03. The quantitative estimate of drug-likeness (QED) is 0.789. The van der Waals surface area contributed by atoms with Gasteiger partial charge in [0.25, 0.3) is 5.91 Å². The predicted molar refractivity (Wildman–Crippen MR) is 109 cm³/mol. The molecule has 150 valence electrons. The highest BCUT2D eigenvalue weighted by molar-refractivity contribution is 5.81. The number of aromatic nitrogens is 2. The van der Waals surface area contributed by atoms with Crippen molar-refractivity contribution in [3.8, 4) is 5.75 Å². The van der Waals surface area contributed by atoms with E-state index in [-0.39, 0.29) is 11.9 Å². The third-order valence-electron chi connectivity index (χ3n) is 5.23. The third-order valence-corrected chi connectivity index (χ3v) is 5.23. The van der Waals surface area contributed by atoms with Crippen molar-refractivity contribution in [2.24, 2.45) is 0 Å². The number of likely N-dealkylation sites (N-methyl/N-ethyl adjacent to an activating group) is 1. The molecule has 2 heterocycles. The molecule has 2 aromatic rings. The van der Waals surface area contributed by atoms with Crippen LogP contribution in [0.1, 0.15) is 31.2 Å². The van der Waals surface area contributed by atoms with Crippen LogP contribution in [-0.2, 0) is 11.3 Å². The van der Waals surface area contributed by atoms with Gasteiger partial charge in [-0.15, -0.1) is 0 Å². The van der Waals surface area contributed by atoms with Gasteiger partial charge >= 0.3 is 0 Å². The van der Waals surface area contributed by atoms with E-state index in [0.717, 1.165) is 24.3 Å². The summed E-state index contributed by atoms with van der Waals surface area (Å²) >= 11 is 0. The van der Waals surface area contributed by atoms with E-state index in [2.05, 4.69) is 14.9 Å². The summed E-state index contributed by atoms with van der Waals surface area (Å²) in [5.41, 5.74) is 6.77. The molecule has 1 aromatic carbocycles. The number of carbonyl (C=O) groups excluding carboxylic acids is 1. The van der Waals surface area contributed by atoms with E-state index in [1.54, 1.807) is 12.3 Å². The average molecular weight is 383 g/mol. The first-order chi connectivity index (χ1) is 13.5. The third kappa shape index (κ3) is 4.78. The van der Waals surface area contributed by atoms with Gasteiger partial charge in [-0.3, -0.25) is 9.69 Å². The first-order valence-corrected chi connectivity index (χ1v) is 9.76. The van der Waals surface area contributed by atoms with Crippen molar-refractivity contribution >= 4 is 11.7 Å². The fraction of sp³-hybridized carbons (Fsp3) is 0.476. The molecule has 1 saturated heterocycles. The van der Waals surface area contributed by atoms with Gasteiger partial charge in [0.1, 0.15) is 17.4 Å². The van der Waals surface area contributed by atoms with Crippen molar-refractivity contribution < 1.29 is 9.53 Å². The smallest absolute Gasteiger partial charge is 0.263 e. The van der Waals surface area contributed by atoms with Crippen molar-refractivity contribution in [1.29, 1.82) is 0 Å². The van der Waals surface area contributed by atoms with Gasteiger partial charge in [-0.05, 0) is 44.5 Å². The van der Waals surface area contributed by atoms with E-state index in [4.69, 9.17) is 10.5 Å². The zero-order valence-corrected chi connectivity index (χ0v) is 16.8. The van der Waals surface area contributed by atoms with E-state index in [1.807, 2.05) is 50.1 Å². The largest absolute Gasteiger partial charge is 0.480 e. The van der Waals surface area contributed by atoms with Crippen LogP contribution in [0.2, 0.25) is 0 Å². The van der Waals surface area contributed by atoms with Gasteiger partial charge in [0.05, 0.1) is 6.54 Å². The van der Waals surface area contributed by atoms with Crippen LogP contribution in [-0.4, -0.2) is 58.0 Å². The van der Waals surface area contributed by atoms with Crippen LogP contribution >= 0.6 is 0 Å². The number of rotatable bonds is 7. The Kier molecular flexibility index (Phi) is 6.46. The summed E-state index contributed by atoms with van der Waals surface area (Å²) in [4.78, 5) is 25.6. The summed E-state index contributed by atoms with van der Waals surface area (Å²) in [5, 5.41) is 0. The Balaban J connectivity index is 1.58. The molecule has 0 aliphatic carbocycles.